The summed E-state index contributed by atoms with van der Waals surface area (Å²) in [5, 5.41) is 6.22. The van der Waals surface area contributed by atoms with Crippen molar-refractivity contribution >= 4 is 23.6 Å². The van der Waals surface area contributed by atoms with Crippen molar-refractivity contribution in [3.63, 3.8) is 0 Å². The quantitative estimate of drug-likeness (QED) is 0.663. The fourth-order valence-corrected chi connectivity index (χ4v) is 2.58. The van der Waals surface area contributed by atoms with Crippen LogP contribution in [0, 0.1) is 13.8 Å². The summed E-state index contributed by atoms with van der Waals surface area (Å²) in [7, 11) is 0. The molecule has 0 fully saturated rings. The molecule has 0 aliphatic rings. The first-order valence-electron chi connectivity index (χ1n) is 8.16. The van der Waals surface area contributed by atoms with Crippen LogP contribution >= 0.6 is 0 Å². The average molecular weight is 367 g/mol. The molecule has 2 amide bonds. The van der Waals surface area contributed by atoms with Crippen molar-refractivity contribution in [2.75, 3.05) is 6.61 Å². The highest BCUT2D eigenvalue weighted by atomic mass is 16.5. The molecule has 0 bridgehead atoms. The van der Waals surface area contributed by atoms with E-state index in [2.05, 4.69) is 20.4 Å². The number of esters is 1. The molecule has 0 spiro atoms. The number of imide groups is 1. The third-order valence-electron chi connectivity index (χ3n) is 3.96. The van der Waals surface area contributed by atoms with Gasteiger partial charge in [-0.1, -0.05) is 18.2 Å². The number of nitrogens with one attached hydrogen (secondary N) is 1. The van der Waals surface area contributed by atoms with Crippen LogP contribution < -0.4 is 5.32 Å². The van der Waals surface area contributed by atoms with Crippen molar-refractivity contribution in [3.05, 3.63) is 59.2 Å². The zero-order valence-corrected chi connectivity index (χ0v) is 14.8. The second-order valence-corrected chi connectivity index (χ2v) is 5.81. The van der Waals surface area contributed by atoms with Crippen LogP contribution in [0.15, 0.2) is 36.7 Å². The van der Waals surface area contributed by atoms with Crippen molar-refractivity contribution in [2.24, 2.45) is 0 Å². The number of rotatable bonds is 5. The third-order valence-corrected chi connectivity index (χ3v) is 3.96. The number of hydrogen-bond acceptors (Lipinski definition) is 7. The molecular weight excluding hydrogens is 350 g/mol. The number of fused-ring (bicyclic) bond motifs is 1. The van der Waals surface area contributed by atoms with Gasteiger partial charge in [-0.15, -0.1) is 0 Å². The Hall–Kier alpha value is -3.62. The van der Waals surface area contributed by atoms with Gasteiger partial charge in [0.1, 0.15) is 6.33 Å². The molecule has 0 radical (unpaired) electrons. The number of carbonyl (C=O) groups is 3. The molecule has 0 saturated heterocycles. The van der Waals surface area contributed by atoms with Crippen molar-refractivity contribution < 1.29 is 19.1 Å². The van der Waals surface area contributed by atoms with Gasteiger partial charge in [0.15, 0.2) is 6.61 Å². The van der Waals surface area contributed by atoms with Crippen molar-refractivity contribution in [2.45, 2.75) is 20.3 Å². The number of benzene rings is 1. The van der Waals surface area contributed by atoms with E-state index in [9.17, 15) is 14.4 Å². The van der Waals surface area contributed by atoms with Gasteiger partial charge in [0.2, 0.25) is 0 Å². The van der Waals surface area contributed by atoms with Crippen LogP contribution in [0.3, 0.4) is 0 Å². The highest BCUT2D eigenvalue weighted by molar-refractivity contribution is 6.05. The molecule has 2 heterocycles. The zero-order valence-electron chi connectivity index (χ0n) is 14.8. The fourth-order valence-electron chi connectivity index (χ4n) is 2.58. The lowest BCUT2D eigenvalue weighted by atomic mass is 10.1. The number of amides is 2. The summed E-state index contributed by atoms with van der Waals surface area (Å²) in [5.74, 6) is -1.41. The van der Waals surface area contributed by atoms with Crippen molar-refractivity contribution in [3.8, 4) is 0 Å². The Morgan fingerprint density at radius 3 is 2.63 bits per heavy atom. The number of nitrogens with zero attached hydrogens (tertiary/aromatic N) is 4. The Labute approximate surface area is 154 Å². The minimum Gasteiger partial charge on any atom is -0.455 e. The highest BCUT2D eigenvalue weighted by Crippen LogP contribution is 2.14. The maximum atomic E-state index is 12.1. The van der Waals surface area contributed by atoms with Crippen LogP contribution in [0.5, 0.6) is 0 Å². The summed E-state index contributed by atoms with van der Waals surface area (Å²) in [6.07, 6.45) is 1.31. The van der Waals surface area contributed by atoms with Gasteiger partial charge in [0.25, 0.3) is 17.6 Å². The minimum absolute atomic E-state index is 0.0691. The standard InChI is InChI=1S/C18H17N5O4/c1-11-14(12(2)23-18(21-11)19-10-20-23)8-16(25)27-9-15(24)22-17(26)13-6-4-3-5-7-13/h3-7,10H,8-9H2,1-2H3,(H,22,24,26). The first kappa shape index (κ1) is 18.2. The number of aromatic nitrogens is 4. The number of ether oxygens (including phenoxy) is 1. The van der Waals surface area contributed by atoms with Crippen LogP contribution in [-0.2, 0) is 20.7 Å². The van der Waals surface area contributed by atoms with E-state index in [1.165, 1.54) is 10.8 Å². The molecular formula is C18H17N5O4. The van der Waals surface area contributed by atoms with Crippen molar-refractivity contribution in [1.82, 2.24) is 24.9 Å². The smallest absolute Gasteiger partial charge is 0.310 e. The lowest BCUT2D eigenvalue weighted by Gasteiger charge is -2.10. The molecule has 0 atom stereocenters. The van der Waals surface area contributed by atoms with Gasteiger partial charge in [-0.3, -0.25) is 19.7 Å². The molecule has 1 aromatic carbocycles. The Morgan fingerprint density at radius 2 is 1.89 bits per heavy atom. The maximum Gasteiger partial charge on any atom is 0.310 e. The first-order valence-corrected chi connectivity index (χ1v) is 8.16. The normalized spacial score (nSPS) is 10.6. The SMILES string of the molecule is Cc1nc2ncnn2c(C)c1CC(=O)OCC(=O)NC(=O)c1ccccc1. The molecule has 0 unspecified atom stereocenters. The summed E-state index contributed by atoms with van der Waals surface area (Å²) >= 11 is 0. The third kappa shape index (κ3) is 4.14. The van der Waals surface area contributed by atoms with Gasteiger partial charge in [-0.05, 0) is 26.0 Å². The topological polar surface area (TPSA) is 116 Å². The maximum absolute atomic E-state index is 12.1. The molecule has 9 nitrogen and oxygen atoms in total. The van der Waals surface area contributed by atoms with Crippen LogP contribution in [0.4, 0.5) is 0 Å². The Bertz CT molecular complexity index is 1010. The molecule has 3 rings (SSSR count). The molecule has 0 aliphatic heterocycles. The molecule has 9 heteroatoms. The van der Waals surface area contributed by atoms with E-state index in [1.54, 1.807) is 44.2 Å². The lowest BCUT2D eigenvalue weighted by Crippen LogP contribution is -2.34. The van der Waals surface area contributed by atoms with E-state index in [-0.39, 0.29) is 6.42 Å². The summed E-state index contributed by atoms with van der Waals surface area (Å²) in [6, 6.07) is 8.28. The van der Waals surface area contributed by atoms with E-state index >= 15 is 0 Å². The van der Waals surface area contributed by atoms with Crippen LogP contribution in [-0.4, -0.2) is 44.0 Å². The zero-order chi connectivity index (χ0) is 19.4. The average Bonchev–Trinajstić information content (AvgIpc) is 3.12. The van der Waals surface area contributed by atoms with E-state index in [0.29, 0.717) is 22.6 Å². The number of aryl methyl sites for hydroxylation is 2. The summed E-state index contributed by atoms with van der Waals surface area (Å²) in [6.45, 7) is 3.01. The highest BCUT2D eigenvalue weighted by Gasteiger charge is 2.17. The summed E-state index contributed by atoms with van der Waals surface area (Å²) in [5.41, 5.74) is 2.35. The van der Waals surface area contributed by atoms with E-state index in [1.807, 2.05) is 0 Å². The second kappa shape index (κ2) is 7.73. The van der Waals surface area contributed by atoms with E-state index in [4.69, 9.17) is 4.74 Å². The first-order chi connectivity index (χ1) is 13.0. The molecule has 3 aromatic rings. The lowest BCUT2D eigenvalue weighted by molar-refractivity contribution is -0.147. The minimum atomic E-state index is -0.699. The van der Waals surface area contributed by atoms with Gasteiger partial charge in [-0.25, -0.2) is 9.50 Å². The van der Waals surface area contributed by atoms with Crippen LogP contribution in [0.2, 0.25) is 0 Å². The predicted molar refractivity (Wildman–Crippen MR) is 93.8 cm³/mol. The van der Waals surface area contributed by atoms with E-state index < -0.39 is 24.4 Å². The summed E-state index contributed by atoms with van der Waals surface area (Å²) < 4.78 is 6.50. The molecule has 2 aromatic heterocycles. The molecule has 0 aliphatic carbocycles. The molecule has 1 N–H and O–H groups in total. The monoisotopic (exact) mass is 367 g/mol. The second-order valence-electron chi connectivity index (χ2n) is 5.81. The fraction of sp³-hybridized carbons (Fsp3) is 0.222. The van der Waals surface area contributed by atoms with Gasteiger partial charge < -0.3 is 4.74 Å². The Morgan fingerprint density at radius 1 is 1.15 bits per heavy atom. The van der Waals surface area contributed by atoms with Gasteiger partial charge >= 0.3 is 5.97 Å². The largest absolute Gasteiger partial charge is 0.455 e. The van der Waals surface area contributed by atoms with Gasteiger partial charge in [0, 0.05) is 22.5 Å². The van der Waals surface area contributed by atoms with Gasteiger partial charge in [-0.2, -0.15) is 10.1 Å². The van der Waals surface area contributed by atoms with Crippen LogP contribution in [0.25, 0.3) is 5.78 Å². The van der Waals surface area contributed by atoms with Crippen LogP contribution in [0.1, 0.15) is 27.3 Å². The Kier molecular flexibility index (Phi) is 5.20. The van der Waals surface area contributed by atoms with E-state index in [0.717, 1.165) is 5.69 Å². The molecule has 27 heavy (non-hydrogen) atoms. The Balaban J connectivity index is 1.57. The summed E-state index contributed by atoms with van der Waals surface area (Å²) in [4.78, 5) is 44.1. The predicted octanol–water partition coefficient (Wildman–Crippen LogP) is 0.783. The molecule has 138 valence electrons. The number of hydrogen-bond donors (Lipinski definition) is 1. The molecule has 0 saturated carbocycles. The van der Waals surface area contributed by atoms with Gasteiger partial charge in [0.05, 0.1) is 6.42 Å². The van der Waals surface area contributed by atoms with Crippen molar-refractivity contribution in [1.29, 1.82) is 0 Å². The number of carbonyl (C=O) groups excluding carboxylic acids is 3.